The molecule has 0 amide bonds. The summed E-state index contributed by atoms with van der Waals surface area (Å²) in [7, 11) is -3.53. The lowest BCUT2D eigenvalue weighted by Crippen LogP contribution is -2.23. The minimum atomic E-state index is -3.53. The van der Waals surface area contributed by atoms with E-state index in [1.54, 1.807) is 38.1 Å². The highest BCUT2D eigenvalue weighted by molar-refractivity contribution is 9.08. The zero-order valence-electron chi connectivity index (χ0n) is 11.2. The summed E-state index contributed by atoms with van der Waals surface area (Å²) in [6, 6.07) is 6.73. The van der Waals surface area contributed by atoms with E-state index in [0.29, 0.717) is 16.8 Å². The quantitative estimate of drug-likeness (QED) is 0.834. The van der Waals surface area contributed by atoms with Gasteiger partial charge < -0.3 is 4.52 Å². The van der Waals surface area contributed by atoms with E-state index in [4.69, 9.17) is 4.52 Å². The summed E-state index contributed by atoms with van der Waals surface area (Å²) in [5.41, 5.74) is 2.49. The molecule has 0 atom stereocenters. The molecule has 0 aliphatic rings. The van der Waals surface area contributed by atoms with Crippen LogP contribution >= 0.6 is 15.9 Å². The molecule has 0 aliphatic heterocycles. The van der Waals surface area contributed by atoms with Crippen LogP contribution in [0.1, 0.15) is 22.6 Å². The zero-order valence-corrected chi connectivity index (χ0v) is 13.6. The molecule has 108 valence electrons. The van der Waals surface area contributed by atoms with E-state index in [9.17, 15) is 8.42 Å². The van der Waals surface area contributed by atoms with Crippen molar-refractivity contribution in [1.82, 2.24) is 9.88 Å². The van der Waals surface area contributed by atoms with Gasteiger partial charge in [-0.05, 0) is 31.5 Å². The maximum absolute atomic E-state index is 12.2. The number of aromatic nitrogens is 1. The van der Waals surface area contributed by atoms with Crippen molar-refractivity contribution in [2.45, 2.75) is 30.6 Å². The summed E-state index contributed by atoms with van der Waals surface area (Å²) in [6.45, 7) is 3.71. The number of alkyl halides is 1. The molecule has 1 heterocycles. The van der Waals surface area contributed by atoms with E-state index < -0.39 is 10.0 Å². The van der Waals surface area contributed by atoms with Gasteiger partial charge in [0.15, 0.2) is 0 Å². The molecule has 0 unspecified atom stereocenters. The van der Waals surface area contributed by atoms with Gasteiger partial charge in [0.1, 0.15) is 5.76 Å². The van der Waals surface area contributed by atoms with Gasteiger partial charge in [-0.2, -0.15) is 0 Å². The molecular formula is C13H15BrN2O3S. The molecule has 5 nitrogen and oxygen atoms in total. The van der Waals surface area contributed by atoms with E-state index >= 15 is 0 Å². The average Bonchev–Trinajstić information content (AvgIpc) is 2.76. The molecule has 2 aromatic rings. The van der Waals surface area contributed by atoms with Crippen LogP contribution in [0.25, 0.3) is 0 Å². The second-order valence-electron chi connectivity index (χ2n) is 4.40. The Morgan fingerprint density at radius 2 is 1.90 bits per heavy atom. The fourth-order valence-corrected chi connectivity index (χ4v) is 3.13. The number of nitrogens with one attached hydrogen (secondary N) is 1. The van der Waals surface area contributed by atoms with Gasteiger partial charge in [0.25, 0.3) is 0 Å². The van der Waals surface area contributed by atoms with Crippen molar-refractivity contribution in [3.63, 3.8) is 0 Å². The van der Waals surface area contributed by atoms with Crippen LogP contribution < -0.4 is 4.72 Å². The Hall–Kier alpha value is -1.18. The van der Waals surface area contributed by atoms with Crippen molar-refractivity contribution in [1.29, 1.82) is 0 Å². The van der Waals surface area contributed by atoms with Crippen LogP contribution in [0.15, 0.2) is 33.7 Å². The highest BCUT2D eigenvalue weighted by atomic mass is 79.9. The lowest BCUT2D eigenvalue weighted by Gasteiger charge is -2.07. The number of sulfonamides is 1. The molecule has 0 saturated heterocycles. The summed E-state index contributed by atoms with van der Waals surface area (Å²) in [5, 5.41) is 4.49. The van der Waals surface area contributed by atoms with Crippen LogP contribution in [0.4, 0.5) is 0 Å². The maximum atomic E-state index is 12.2. The lowest BCUT2D eigenvalue weighted by atomic mass is 10.2. The first-order valence-corrected chi connectivity index (χ1v) is 8.61. The molecule has 0 fully saturated rings. The van der Waals surface area contributed by atoms with Crippen LogP contribution in [0.3, 0.4) is 0 Å². The average molecular weight is 359 g/mol. The van der Waals surface area contributed by atoms with Crippen LogP contribution in [-0.2, 0) is 21.9 Å². The molecule has 1 aromatic heterocycles. The molecule has 1 N–H and O–H groups in total. The Kier molecular flexibility index (Phi) is 4.62. The molecule has 0 spiro atoms. The number of hydrogen-bond donors (Lipinski definition) is 1. The van der Waals surface area contributed by atoms with E-state index in [1.807, 2.05) is 0 Å². The summed E-state index contributed by atoms with van der Waals surface area (Å²) in [5.74, 6) is 0.625. The largest absolute Gasteiger partial charge is 0.361 e. The van der Waals surface area contributed by atoms with Gasteiger partial charge >= 0.3 is 0 Å². The van der Waals surface area contributed by atoms with Crippen molar-refractivity contribution >= 4 is 26.0 Å². The highest BCUT2D eigenvalue weighted by Gasteiger charge is 2.16. The highest BCUT2D eigenvalue weighted by Crippen LogP contribution is 2.15. The van der Waals surface area contributed by atoms with E-state index in [2.05, 4.69) is 25.8 Å². The summed E-state index contributed by atoms with van der Waals surface area (Å²) in [6.07, 6.45) is 0. The van der Waals surface area contributed by atoms with Gasteiger partial charge in [-0.3, -0.25) is 0 Å². The Morgan fingerprint density at radius 1 is 1.25 bits per heavy atom. The van der Waals surface area contributed by atoms with Crippen molar-refractivity contribution < 1.29 is 12.9 Å². The number of hydrogen-bond acceptors (Lipinski definition) is 4. The van der Waals surface area contributed by atoms with Gasteiger partial charge in [0, 0.05) is 17.4 Å². The number of aryl methyl sites for hydroxylation is 2. The molecule has 0 aliphatic carbocycles. The third kappa shape index (κ3) is 3.28. The first-order chi connectivity index (χ1) is 9.44. The van der Waals surface area contributed by atoms with Crippen molar-refractivity contribution in [3.8, 4) is 0 Å². The number of benzene rings is 1. The Labute approximate surface area is 126 Å². The van der Waals surface area contributed by atoms with Crippen LogP contribution in [0.5, 0.6) is 0 Å². The first kappa shape index (κ1) is 15.2. The Balaban J connectivity index is 2.15. The molecular weight excluding hydrogens is 344 g/mol. The molecule has 20 heavy (non-hydrogen) atoms. The molecule has 0 saturated carbocycles. The zero-order chi connectivity index (χ0) is 14.8. The monoisotopic (exact) mass is 358 g/mol. The van der Waals surface area contributed by atoms with Crippen LogP contribution in [0.2, 0.25) is 0 Å². The minimum Gasteiger partial charge on any atom is -0.361 e. The van der Waals surface area contributed by atoms with Crippen molar-refractivity contribution in [2.24, 2.45) is 0 Å². The minimum absolute atomic E-state index is 0.170. The summed E-state index contributed by atoms with van der Waals surface area (Å²) >= 11 is 3.32. The topological polar surface area (TPSA) is 72.2 Å². The number of halogens is 1. The number of nitrogens with zero attached hydrogens (tertiary/aromatic N) is 1. The molecule has 2 rings (SSSR count). The molecule has 0 radical (unpaired) electrons. The summed E-state index contributed by atoms with van der Waals surface area (Å²) in [4.78, 5) is 0.244. The fraction of sp³-hybridized carbons (Fsp3) is 0.308. The second-order valence-corrected chi connectivity index (χ2v) is 6.73. The van der Waals surface area contributed by atoms with Gasteiger partial charge in [-0.15, -0.1) is 0 Å². The van der Waals surface area contributed by atoms with Crippen molar-refractivity contribution in [3.05, 3.63) is 46.8 Å². The Morgan fingerprint density at radius 3 is 2.40 bits per heavy atom. The summed E-state index contributed by atoms with van der Waals surface area (Å²) < 4.78 is 31.9. The van der Waals surface area contributed by atoms with Crippen LogP contribution in [-0.4, -0.2) is 13.6 Å². The predicted octanol–water partition coefficient (Wildman–Crippen LogP) is 2.66. The lowest BCUT2D eigenvalue weighted by molar-refractivity contribution is 0.392. The Bertz CT molecular complexity index is 673. The number of rotatable bonds is 5. The second kappa shape index (κ2) is 6.07. The van der Waals surface area contributed by atoms with E-state index in [1.165, 1.54) is 0 Å². The van der Waals surface area contributed by atoms with E-state index in [-0.39, 0.29) is 11.4 Å². The fourth-order valence-electron chi connectivity index (χ4n) is 1.76. The normalized spacial score (nSPS) is 11.8. The standard InChI is InChI=1S/C13H15BrN2O3S/c1-9-13(10(2)19-16-9)8-15-20(17,18)12-5-3-11(7-14)4-6-12/h3-6,15H,7-8H2,1-2H3. The third-order valence-corrected chi connectivity index (χ3v) is 5.07. The van der Waals surface area contributed by atoms with E-state index in [0.717, 1.165) is 11.1 Å². The SMILES string of the molecule is Cc1noc(C)c1CNS(=O)(=O)c1ccc(CBr)cc1. The molecule has 1 aromatic carbocycles. The van der Waals surface area contributed by atoms with Gasteiger partial charge in [0.2, 0.25) is 10.0 Å². The van der Waals surface area contributed by atoms with Gasteiger partial charge in [0.05, 0.1) is 10.6 Å². The molecule has 7 heteroatoms. The molecule has 0 bridgehead atoms. The third-order valence-electron chi connectivity index (χ3n) is 3.01. The maximum Gasteiger partial charge on any atom is 0.240 e. The predicted molar refractivity (Wildman–Crippen MR) is 79.1 cm³/mol. The van der Waals surface area contributed by atoms with Crippen LogP contribution in [0, 0.1) is 13.8 Å². The van der Waals surface area contributed by atoms with Gasteiger partial charge in [-0.1, -0.05) is 33.2 Å². The van der Waals surface area contributed by atoms with Crippen molar-refractivity contribution in [2.75, 3.05) is 0 Å². The smallest absolute Gasteiger partial charge is 0.240 e. The first-order valence-electron chi connectivity index (χ1n) is 6.00. The van der Waals surface area contributed by atoms with Gasteiger partial charge in [-0.25, -0.2) is 13.1 Å².